The molecule has 2 aromatic rings. The van der Waals surface area contributed by atoms with Crippen molar-refractivity contribution in [2.75, 3.05) is 31.2 Å². The minimum absolute atomic E-state index is 0.0286. The average molecular weight is 260 g/mol. The van der Waals surface area contributed by atoms with Gasteiger partial charge in [0.25, 0.3) is 5.69 Å². The summed E-state index contributed by atoms with van der Waals surface area (Å²) < 4.78 is 5.29. The summed E-state index contributed by atoms with van der Waals surface area (Å²) in [5.74, 6) is 0.782. The Labute approximate surface area is 109 Å². The number of nitrogens with zero attached hydrogens (tertiary/aromatic N) is 4. The lowest BCUT2D eigenvalue weighted by Crippen LogP contribution is -2.36. The number of fused-ring (bicyclic) bond motifs is 1. The first-order valence-corrected chi connectivity index (χ1v) is 5.98. The molecular weight excluding hydrogens is 248 g/mol. The van der Waals surface area contributed by atoms with Crippen LogP contribution in [0.25, 0.3) is 11.0 Å². The Bertz CT molecular complexity index is 625. The molecule has 0 unspecified atom stereocenters. The van der Waals surface area contributed by atoms with Gasteiger partial charge in [0.2, 0.25) is 0 Å². The third-order valence-corrected chi connectivity index (χ3v) is 3.06. The Hall–Kier alpha value is -2.28. The Kier molecular flexibility index (Phi) is 2.96. The number of anilines is 1. The van der Waals surface area contributed by atoms with Crippen LogP contribution in [0.5, 0.6) is 0 Å². The molecule has 0 spiro atoms. The van der Waals surface area contributed by atoms with Gasteiger partial charge in [0.05, 0.1) is 35.4 Å². The lowest BCUT2D eigenvalue weighted by Gasteiger charge is -2.27. The largest absolute Gasteiger partial charge is 0.378 e. The van der Waals surface area contributed by atoms with Gasteiger partial charge in [-0.1, -0.05) is 0 Å². The van der Waals surface area contributed by atoms with Gasteiger partial charge in [-0.3, -0.25) is 15.1 Å². The predicted octanol–water partition coefficient (Wildman–Crippen LogP) is 1.37. The van der Waals surface area contributed by atoms with Gasteiger partial charge in [0, 0.05) is 25.2 Å². The van der Waals surface area contributed by atoms with Crippen molar-refractivity contribution in [3.63, 3.8) is 0 Å². The quantitative estimate of drug-likeness (QED) is 0.599. The third-order valence-electron chi connectivity index (χ3n) is 3.06. The Morgan fingerprint density at radius 3 is 2.79 bits per heavy atom. The predicted molar refractivity (Wildman–Crippen MR) is 69.2 cm³/mol. The summed E-state index contributed by atoms with van der Waals surface area (Å²) in [6.45, 7) is 2.93. The lowest BCUT2D eigenvalue weighted by atomic mass is 10.2. The van der Waals surface area contributed by atoms with Crippen LogP contribution in [0.1, 0.15) is 0 Å². The zero-order valence-electron chi connectivity index (χ0n) is 10.2. The molecule has 0 atom stereocenters. The Morgan fingerprint density at radius 2 is 2.05 bits per heavy atom. The van der Waals surface area contributed by atoms with E-state index in [0.29, 0.717) is 24.2 Å². The standard InChI is InChI=1S/C12H12N4O3/c17-16(18)9-1-2-10-11(7-9)13-8-12(14-10)15-3-5-19-6-4-15/h1-2,7-8H,3-6H2. The highest BCUT2D eigenvalue weighted by atomic mass is 16.6. The molecule has 1 aromatic heterocycles. The fourth-order valence-electron chi connectivity index (χ4n) is 2.05. The maximum absolute atomic E-state index is 10.7. The van der Waals surface area contributed by atoms with E-state index >= 15 is 0 Å². The molecular formula is C12H12N4O3. The van der Waals surface area contributed by atoms with Crippen LogP contribution in [0.4, 0.5) is 11.5 Å². The topological polar surface area (TPSA) is 81.4 Å². The molecule has 1 aliphatic heterocycles. The second kappa shape index (κ2) is 4.77. The van der Waals surface area contributed by atoms with Gasteiger partial charge < -0.3 is 9.64 Å². The highest BCUT2D eigenvalue weighted by molar-refractivity contribution is 5.78. The molecule has 1 aromatic carbocycles. The van der Waals surface area contributed by atoms with Crippen LogP contribution in [-0.2, 0) is 4.74 Å². The van der Waals surface area contributed by atoms with E-state index < -0.39 is 4.92 Å². The number of morpholine rings is 1. The van der Waals surface area contributed by atoms with E-state index in [0.717, 1.165) is 18.9 Å². The van der Waals surface area contributed by atoms with Crippen LogP contribution in [0.2, 0.25) is 0 Å². The van der Waals surface area contributed by atoms with Crippen LogP contribution in [0.15, 0.2) is 24.4 Å². The fraction of sp³-hybridized carbons (Fsp3) is 0.333. The lowest BCUT2D eigenvalue weighted by molar-refractivity contribution is -0.384. The Balaban J connectivity index is 1.97. The molecule has 0 bridgehead atoms. The molecule has 3 rings (SSSR count). The number of nitro groups is 1. The Morgan fingerprint density at radius 1 is 1.26 bits per heavy atom. The van der Waals surface area contributed by atoms with Gasteiger partial charge >= 0.3 is 0 Å². The van der Waals surface area contributed by atoms with E-state index in [1.807, 2.05) is 0 Å². The SMILES string of the molecule is O=[N+]([O-])c1ccc2nc(N3CCOCC3)cnc2c1. The normalized spacial score (nSPS) is 15.7. The summed E-state index contributed by atoms with van der Waals surface area (Å²) in [6, 6.07) is 4.51. The molecule has 19 heavy (non-hydrogen) atoms. The maximum Gasteiger partial charge on any atom is 0.271 e. The van der Waals surface area contributed by atoms with Gasteiger partial charge in [0.15, 0.2) is 0 Å². The first-order chi connectivity index (χ1) is 9.24. The number of nitro benzene ring substituents is 1. The second-order valence-electron chi connectivity index (χ2n) is 4.26. The van der Waals surface area contributed by atoms with Crippen molar-refractivity contribution in [2.45, 2.75) is 0 Å². The summed E-state index contributed by atoms with van der Waals surface area (Å²) in [5, 5.41) is 10.7. The van der Waals surface area contributed by atoms with Crippen LogP contribution in [0, 0.1) is 10.1 Å². The molecule has 7 heteroatoms. The van der Waals surface area contributed by atoms with Crippen molar-refractivity contribution in [3.8, 4) is 0 Å². The molecule has 2 heterocycles. The molecule has 7 nitrogen and oxygen atoms in total. The number of rotatable bonds is 2. The summed E-state index contributed by atoms with van der Waals surface area (Å²) in [5.41, 5.74) is 1.22. The van der Waals surface area contributed by atoms with Crippen LogP contribution < -0.4 is 4.90 Å². The minimum Gasteiger partial charge on any atom is -0.378 e. The van der Waals surface area contributed by atoms with Crippen molar-refractivity contribution in [2.24, 2.45) is 0 Å². The number of ether oxygens (including phenoxy) is 1. The summed E-state index contributed by atoms with van der Waals surface area (Å²) >= 11 is 0. The molecule has 0 radical (unpaired) electrons. The van der Waals surface area contributed by atoms with Gasteiger partial charge in [-0.25, -0.2) is 4.98 Å². The molecule has 98 valence electrons. The van der Waals surface area contributed by atoms with Crippen molar-refractivity contribution < 1.29 is 9.66 Å². The zero-order valence-corrected chi connectivity index (χ0v) is 10.2. The van der Waals surface area contributed by atoms with Crippen LogP contribution in [-0.4, -0.2) is 41.2 Å². The van der Waals surface area contributed by atoms with E-state index in [-0.39, 0.29) is 5.69 Å². The fourth-order valence-corrected chi connectivity index (χ4v) is 2.05. The summed E-state index contributed by atoms with van der Waals surface area (Å²) in [7, 11) is 0. The molecule has 1 fully saturated rings. The van der Waals surface area contributed by atoms with Crippen molar-refractivity contribution in [3.05, 3.63) is 34.5 Å². The zero-order chi connectivity index (χ0) is 13.2. The third kappa shape index (κ3) is 2.32. The van der Waals surface area contributed by atoms with E-state index in [1.165, 1.54) is 12.1 Å². The highest BCUT2D eigenvalue weighted by Crippen LogP contribution is 2.20. The van der Waals surface area contributed by atoms with Gasteiger partial charge in [0.1, 0.15) is 5.82 Å². The molecule has 1 aliphatic rings. The van der Waals surface area contributed by atoms with Crippen LogP contribution in [0.3, 0.4) is 0 Å². The maximum atomic E-state index is 10.7. The number of hydrogen-bond donors (Lipinski definition) is 0. The van der Waals surface area contributed by atoms with Crippen molar-refractivity contribution in [1.29, 1.82) is 0 Å². The van der Waals surface area contributed by atoms with Gasteiger partial charge in [-0.2, -0.15) is 0 Å². The van der Waals surface area contributed by atoms with Crippen molar-refractivity contribution in [1.82, 2.24) is 9.97 Å². The number of hydrogen-bond acceptors (Lipinski definition) is 6. The molecule has 1 saturated heterocycles. The number of aromatic nitrogens is 2. The van der Waals surface area contributed by atoms with E-state index in [1.54, 1.807) is 12.3 Å². The average Bonchev–Trinajstić information content (AvgIpc) is 2.47. The molecule has 0 aliphatic carbocycles. The first-order valence-electron chi connectivity index (χ1n) is 5.98. The molecule has 0 N–H and O–H groups in total. The van der Waals surface area contributed by atoms with E-state index in [4.69, 9.17) is 4.74 Å². The number of non-ortho nitro benzene ring substituents is 1. The van der Waals surface area contributed by atoms with E-state index in [2.05, 4.69) is 14.9 Å². The first kappa shape index (κ1) is 11.8. The number of benzene rings is 1. The smallest absolute Gasteiger partial charge is 0.271 e. The monoisotopic (exact) mass is 260 g/mol. The van der Waals surface area contributed by atoms with Crippen LogP contribution >= 0.6 is 0 Å². The van der Waals surface area contributed by atoms with E-state index in [9.17, 15) is 10.1 Å². The molecule has 0 saturated carbocycles. The van der Waals surface area contributed by atoms with Gasteiger partial charge in [-0.05, 0) is 6.07 Å². The summed E-state index contributed by atoms with van der Waals surface area (Å²) in [6.07, 6.45) is 1.65. The minimum atomic E-state index is -0.434. The summed E-state index contributed by atoms with van der Waals surface area (Å²) in [4.78, 5) is 21.1. The van der Waals surface area contributed by atoms with Gasteiger partial charge in [-0.15, -0.1) is 0 Å². The highest BCUT2D eigenvalue weighted by Gasteiger charge is 2.14. The van der Waals surface area contributed by atoms with Crippen molar-refractivity contribution >= 4 is 22.5 Å². The molecule has 0 amide bonds. The second-order valence-corrected chi connectivity index (χ2v) is 4.26.